The first-order valence-corrected chi connectivity index (χ1v) is 7.24. The van der Waals surface area contributed by atoms with Crippen LogP contribution >= 0.6 is 11.3 Å². The molecule has 1 nitrogen and oxygen atoms in total. The lowest BCUT2D eigenvalue weighted by Gasteiger charge is -2.21. The third-order valence-electron chi connectivity index (χ3n) is 3.36. The molecule has 0 aliphatic carbocycles. The van der Waals surface area contributed by atoms with Crippen molar-refractivity contribution in [3.05, 3.63) is 59.5 Å². The minimum Gasteiger partial charge on any atom is -0.386 e. The standard InChI is InChI=1S/C17H16OS/c1-17(2,18)15-9-5-3-7-12(15)14-11-19-16-10-6-4-8-13(14)16/h3-11,18H,1-2H3. The summed E-state index contributed by atoms with van der Waals surface area (Å²) in [5.74, 6) is 0. The Balaban J connectivity index is 2.28. The van der Waals surface area contributed by atoms with Gasteiger partial charge in [-0.15, -0.1) is 11.3 Å². The van der Waals surface area contributed by atoms with Crippen LogP contribution in [0.3, 0.4) is 0 Å². The molecule has 2 aromatic carbocycles. The van der Waals surface area contributed by atoms with E-state index < -0.39 is 5.60 Å². The van der Waals surface area contributed by atoms with Gasteiger partial charge in [-0.05, 0) is 36.4 Å². The summed E-state index contributed by atoms with van der Waals surface area (Å²) in [4.78, 5) is 0. The van der Waals surface area contributed by atoms with Crippen LogP contribution in [0.25, 0.3) is 21.2 Å². The molecule has 0 spiro atoms. The molecule has 1 N–H and O–H groups in total. The summed E-state index contributed by atoms with van der Waals surface area (Å²) in [6.45, 7) is 3.67. The average molecular weight is 268 g/mol. The number of benzene rings is 2. The van der Waals surface area contributed by atoms with Crippen LogP contribution in [0, 0.1) is 0 Å². The van der Waals surface area contributed by atoms with Crippen LogP contribution < -0.4 is 0 Å². The molecule has 0 radical (unpaired) electrons. The molecule has 0 saturated heterocycles. The van der Waals surface area contributed by atoms with Crippen molar-refractivity contribution in [2.45, 2.75) is 19.4 Å². The normalized spacial score (nSPS) is 11.9. The van der Waals surface area contributed by atoms with Gasteiger partial charge in [-0.1, -0.05) is 42.5 Å². The number of hydrogen-bond acceptors (Lipinski definition) is 2. The molecule has 3 rings (SSSR count). The minimum absolute atomic E-state index is 0.834. The van der Waals surface area contributed by atoms with Crippen molar-refractivity contribution in [2.24, 2.45) is 0 Å². The van der Waals surface area contributed by atoms with Crippen LogP contribution in [0.15, 0.2) is 53.9 Å². The van der Waals surface area contributed by atoms with E-state index in [1.165, 1.54) is 15.6 Å². The molecule has 0 bridgehead atoms. The molecule has 3 aromatic rings. The van der Waals surface area contributed by atoms with Crippen LogP contribution in [0.1, 0.15) is 19.4 Å². The number of hydrogen-bond donors (Lipinski definition) is 1. The van der Waals surface area contributed by atoms with Crippen molar-refractivity contribution in [3.8, 4) is 11.1 Å². The summed E-state index contributed by atoms with van der Waals surface area (Å²) >= 11 is 1.75. The topological polar surface area (TPSA) is 20.2 Å². The van der Waals surface area contributed by atoms with Crippen molar-refractivity contribution < 1.29 is 5.11 Å². The van der Waals surface area contributed by atoms with E-state index in [1.807, 2.05) is 32.0 Å². The fourth-order valence-electron chi connectivity index (χ4n) is 2.44. The highest BCUT2D eigenvalue weighted by Crippen LogP contribution is 2.38. The summed E-state index contributed by atoms with van der Waals surface area (Å²) in [5, 5.41) is 13.8. The van der Waals surface area contributed by atoms with Crippen LogP contribution in [0.2, 0.25) is 0 Å². The Morgan fingerprint density at radius 2 is 1.58 bits per heavy atom. The van der Waals surface area contributed by atoms with Gasteiger partial charge >= 0.3 is 0 Å². The lowest BCUT2D eigenvalue weighted by atomic mass is 9.89. The second kappa shape index (κ2) is 4.48. The van der Waals surface area contributed by atoms with Gasteiger partial charge in [0.2, 0.25) is 0 Å². The predicted octanol–water partition coefficient (Wildman–Crippen LogP) is 4.80. The fraction of sp³-hybridized carbons (Fsp3) is 0.176. The van der Waals surface area contributed by atoms with E-state index in [-0.39, 0.29) is 0 Å². The van der Waals surface area contributed by atoms with E-state index in [9.17, 15) is 5.11 Å². The molecular formula is C17H16OS. The molecule has 0 saturated carbocycles. The Morgan fingerprint density at radius 3 is 2.37 bits per heavy atom. The van der Waals surface area contributed by atoms with Crippen molar-refractivity contribution >= 4 is 21.4 Å². The van der Waals surface area contributed by atoms with E-state index in [2.05, 4.69) is 35.7 Å². The second-order valence-electron chi connectivity index (χ2n) is 5.25. The fourth-order valence-corrected chi connectivity index (χ4v) is 3.40. The molecule has 0 amide bonds. The third-order valence-corrected chi connectivity index (χ3v) is 4.32. The Bertz CT molecular complexity index is 719. The van der Waals surface area contributed by atoms with Gasteiger partial charge in [0.25, 0.3) is 0 Å². The first kappa shape index (κ1) is 12.4. The Labute approximate surface area is 117 Å². The third kappa shape index (κ3) is 2.18. The smallest absolute Gasteiger partial charge is 0.0846 e. The van der Waals surface area contributed by atoms with E-state index in [4.69, 9.17) is 0 Å². The minimum atomic E-state index is -0.834. The molecule has 96 valence electrons. The van der Waals surface area contributed by atoms with Gasteiger partial charge in [-0.3, -0.25) is 0 Å². The van der Waals surface area contributed by atoms with Crippen LogP contribution in [0.5, 0.6) is 0 Å². The largest absolute Gasteiger partial charge is 0.386 e. The molecule has 2 heteroatoms. The Morgan fingerprint density at radius 1 is 0.895 bits per heavy atom. The molecule has 0 aliphatic heterocycles. The van der Waals surface area contributed by atoms with E-state index in [0.717, 1.165) is 11.1 Å². The van der Waals surface area contributed by atoms with E-state index >= 15 is 0 Å². The Kier molecular flexibility index (Phi) is 2.92. The first-order valence-electron chi connectivity index (χ1n) is 6.36. The molecule has 0 aliphatic rings. The van der Waals surface area contributed by atoms with E-state index in [0.29, 0.717) is 0 Å². The van der Waals surface area contributed by atoms with Gasteiger partial charge in [-0.25, -0.2) is 0 Å². The zero-order valence-electron chi connectivity index (χ0n) is 11.1. The molecule has 19 heavy (non-hydrogen) atoms. The number of aliphatic hydroxyl groups is 1. The summed E-state index contributed by atoms with van der Waals surface area (Å²) in [7, 11) is 0. The summed E-state index contributed by atoms with van der Waals surface area (Å²) in [5.41, 5.74) is 2.46. The lowest BCUT2D eigenvalue weighted by Crippen LogP contribution is -2.16. The zero-order chi connectivity index (χ0) is 13.5. The molecular weight excluding hydrogens is 252 g/mol. The van der Waals surface area contributed by atoms with Crippen LogP contribution in [-0.4, -0.2) is 5.11 Å². The highest BCUT2D eigenvalue weighted by Gasteiger charge is 2.21. The summed E-state index contributed by atoms with van der Waals surface area (Å²) < 4.78 is 1.28. The molecule has 0 atom stereocenters. The van der Waals surface area contributed by atoms with Crippen LogP contribution in [-0.2, 0) is 5.60 Å². The van der Waals surface area contributed by atoms with Crippen molar-refractivity contribution in [1.29, 1.82) is 0 Å². The van der Waals surface area contributed by atoms with Crippen molar-refractivity contribution in [1.82, 2.24) is 0 Å². The summed E-state index contributed by atoms with van der Waals surface area (Å²) in [6.07, 6.45) is 0. The molecule has 1 heterocycles. The average Bonchev–Trinajstić information content (AvgIpc) is 2.81. The maximum absolute atomic E-state index is 10.3. The number of fused-ring (bicyclic) bond motifs is 1. The van der Waals surface area contributed by atoms with Crippen molar-refractivity contribution in [3.63, 3.8) is 0 Å². The highest BCUT2D eigenvalue weighted by atomic mass is 32.1. The monoisotopic (exact) mass is 268 g/mol. The van der Waals surface area contributed by atoms with Gasteiger partial charge in [0.05, 0.1) is 5.60 Å². The van der Waals surface area contributed by atoms with Crippen LogP contribution in [0.4, 0.5) is 0 Å². The second-order valence-corrected chi connectivity index (χ2v) is 6.16. The van der Waals surface area contributed by atoms with Gasteiger partial charge in [0, 0.05) is 15.6 Å². The van der Waals surface area contributed by atoms with Gasteiger partial charge in [0.1, 0.15) is 0 Å². The number of thiophene rings is 1. The van der Waals surface area contributed by atoms with Gasteiger partial charge in [-0.2, -0.15) is 0 Å². The van der Waals surface area contributed by atoms with Crippen molar-refractivity contribution in [2.75, 3.05) is 0 Å². The first-order chi connectivity index (χ1) is 9.07. The Hall–Kier alpha value is -1.64. The zero-order valence-corrected chi connectivity index (χ0v) is 11.9. The highest BCUT2D eigenvalue weighted by molar-refractivity contribution is 7.17. The maximum atomic E-state index is 10.3. The van der Waals surface area contributed by atoms with E-state index in [1.54, 1.807) is 11.3 Å². The lowest BCUT2D eigenvalue weighted by molar-refractivity contribution is 0.0792. The molecule has 0 fully saturated rings. The quantitative estimate of drug-likeness (QED) is 0.708. The van der Waals surface area contributed by atoms with Gasteiger partial charge in [0.15, 0.2) is 0 Å². The summed E-state index contributed by atoms with van der Waals surface area (Å²) in [6, 6.07) is 16.5. The predicted molar refractivity (Wildman–Crippen MR) is 82.5 cm³/mol. The maximum Gasteiger partial charge on any atom is 0.0846 e. The molecule has 1 aromatic heterocycles. The van der Waals surface area contributed by atoms with Gasteiger partial charge < -0.3 is 5.11 Å². The SMILES string of the molecule is CC(C)(O)c1ccccc1-c1csc2ccccc12. The molecule has 0 unspecified atom stereocenters. The number of rotatable bonds is 2.